The number of carbonyl (C=O) groups excluding carboxylic acids is 2. The molecule has 2 amide bonds. The molecule has 1 N–H and O–H groups in total. The number of nitrogens with zero attached hydrogens (tertiary/aromatic N) is 2. The summed E-state index contributed by atoms with van der Waals surface area (Å²) in [6.07, 6.45) is 6.56. The van der Waals surface area contributed by atoms with Crippen LogP contribution >= 0.6 is 0 Å². The SMILES string of the molecule is O=C(Nc1cccc(CN2CCCCC2=O)c1)c1cccc(-n2cccc2)c1. The van der Waals surface area contributed by atoms with Gasteiger partial charge in [-0.15, -0.1) is 0 Å². The Morgan fingerprint density at radius 1 is 0.964 bits per heavy atom. The molecule has 0 radical (unpaired) electrons. The van der Waals surface area contributed by atoms with E-state index in [1.807, 2.05) is 76.5 Å². The first-order valence-corrected chi connectivity index (χ1v) is 9.60. The van der Waals surface area contributed by atoms with Gasteiger partial charge in [-0.3, -0.25) is 9.59 Å². The normalized spacial score (nSPS) is 14.1. The second-order valence-electron chi connectivity index (χ2n) is 7.07. The second-order valence-corrected chi connectivity index (χ2v) is 7.07. The van der Waals surface area contributed by atoms with Crippen molar-refractivity contribution in [3.8, 4) is 5.69 Å². The average Bonchev–Trinajstić information content (AvgIpc) is 3.25. The number of aromatic nitrogens is 1. The zero-order valence-corrected chi connectivity index (χ0v) is 15.7. The minimum Gasteiger partial charge on any atom is -0.338 e. The molecule has 2 aromatic carbocycles. The van der Waals surface area contributed by atoms with Crippen molar-refractivity contribution in [2.75, 3.05) is 11.9 Å². The Labute approximate surface area is 164 Å². The number of hydrogen-bond acceptors (Lipinski definition) is 2. The highest BCUT2D eigenvalue weighted by Crippen LogP contribution is 2.18. The molecule has 0 bridgehead atoms. The maximum Gasteiger partial charge on any atom is 0.255 e. The van der Waals surface area contributed by atoms with Gasteiger partial charge >= 0.3 is 0 Å². The highest BCUT2D eigenvalue weighted by Gasteiger charge is 2.18. The molecule has 1 aliphatic rings. The first-order chi connectivity index (χ1) is 13.7. The molecule has 0 atom stereocenters. The fraction of sp³-hybridized carbons (Fsp3) is 0.217. The molecular weight excluding hydrogens is 350 g/mol. The minimum atomic E-state index is -0.153. The molecule has 0 aliphatic carbocycles. The van der Waals surface area contributed by atoms with E-state index in [0.29, 0.717) is 18.5 Å². The number of carbonyl (C=O) groups is 2. The Morgan fingerprint density at radius 3 is 2.61 bits per heavy atom. The van der Waals surface area contributed by atoms with Gasteiger partial charge in [-0.2, -0.15) is 0 Å². The van der Waals surface area contributed by atoms with E-state index in [1.165, 1.54) is 0 Å². The van der Waals surface area contributed by atoms with Gasteiger partial charge in [0.15, 0.2) is 0 Å². The standard InChI is InChI=1S/C23H23N3O2/c27-22-11-1-2-14-26(22)17-18-7-5-9-20(15-18)24-23(28)19-8-6-10-21(16-19)25-12-3-4-13-25/h3-10,12-13,15-16H,1-2,11,14,17H2,(H,24,28). The second kappa shape index (κ2) is 8.13. The molecule has 142 valence electrons. The van der Waals surface area contributed by atoms with Gasteiger partial charge in [0.05, 0.1) is 0 Å². The summed E-state index contributed by atoms with van der Waals surface area (Å²) in [6.45, 7) is 1.40. The van der Waals surface area contributed by atoms with Crippen molar-refractivity contribution in [3.63, 3.8) is 0 Å². The zero-order chi connectivity index (χ0) is 19.3. The summed E-state index contributed by atoms with van der Waals surface area (Å²) in [5, 5.41) is 2.97. The lowest BCUT2D eigenvalue weighted by atomic mass is 10.1. The van der Waals surface area contributed by atoms with E-state index in [9.17, 15) is 9.59 Å². The van der Waals surface area contributed by atoms with Crippen LogP contribution in [-0.4, -0.2) is 27.8 Å². The number of likely N-dealkylation sites (tertiary alicyclic amines) is 1. The van der Waals surface area contributed by atoms with Crippen LogP contribution in [0.25, 0.3) is 5.69 Å². The number of amides is 2. The summed E-state index contributed by atoms with van der Waals surface area (Å²) in [5.41, 5.74) is 3.30. The number of hydrogen-bond donors (Lipinski definition) is 1. The summed E-state index contributed by atoms with van der Waals surface area (Å²) < 4.78 is 1.97. The van der Waals surface area contributed by atoms with Crippen LogP contribution in [0.3, 0.4) is 0 Å². The highest BCUT2D eigenvalue weighted by atomic mass is 16.2. The van der Waals surface area contributed by atoms with Crippen LogP contribution in [0.5, 0.6) is 0 Å². The molecule has 0 spiro atoms. The summed E-state index contributed by atoms with van der Waals surface area (Å²) >= 11 is 0. The third-order valence-corrected chi connectivity index (χ3v) is 4.99. The van der Waals surface area contributed by atoms with Crippen molar-refractivity contribution in [1.29, 1.82) is 0 Å². The van der Waals surface area contributed by atoms with Crippen molar-refractivity contribution in [2.24, 2.45) is 0 Å². The van der Waals surface area contributed by atoms with Crippen LogP contribution in [0.4, 0.5) is 5.69 Å². The van der Waals surface area contributed by atoms with Crippen LogP contribution < -0.4 is 5.32 Å². The zero-order valence-electron chi connectivity index (χ0n) is 15.7. The predicted molar refractivity (Wildman–Crippen MR) is 109 cm³/mol. The fourth-order valence-corrected chi connectivity index (χ4v) is 3.51. The van der Waals surface area contributed by atoms with Gasteiger partial charge < -0.3 is 14.8 Å². The predicted octanol–water partition coefficient (Wildman–Crippen LogP) is 4.24. The van der Waals surface area contributed by atoms with Crippen LogP contribution in [0, 0.1) is 0 Å². The lowest BCUT2D eigenvalue weighted by molar-refractivity contribution is -0.133. The van der Waals surface area contributed by atoms with E-state index in [-0.39, 0.29) is 11.8 Å². The van der Waals surface area contributed by atoms with Crippen molar-refractivity contribution >= 4 is 17.5 Å². The molecule has 1 saturated heterocycles. The van der Waals surface area contributed by atoms with Gasteiger partial charge in [0, 0.05) is 48.8 Å². The number of rotatable bonds is 5. The lowest BCUT2D eigenvalue weighted by Gasteiger charge is -2.26. The maximum absolute atomic E-state index is 12.7. The Morgan fingerprint density at radius 2 is 1.79 bits per heavy atom. The molecule has 1 fully saturated rings. The maximum atomic E-state index is 12.7. The highest BCUT2D eigenvalue weighted by molar-refractivity contribution is 6.04. The van der Waals surface area contributed by atoms with Crippen LogP contribution in [0.2, 0.25) is 0 Å². The summed E-state index contributed by atoms with van der Waals surface area (Å²) in [7, 11) is 0. The van der Waals surface area contributed by atoms with Gasteiger partial charge in [-0.05, 0) is 60.9 Å². The average molecular weight is 373 g/mol. The van der Waals surface area contributed by atoms with E-state index < -0.39 is 0 Å². The minimum absolute atomic E-state index is 0.153. The number of piperidine rings is 1. The molecule has 5 nitrogen and oxygen atoms in total. The Kier molecular flexibility index (Phi) is 5.24. The van der Waals surface area contributed by atoms with E-state index in [0.717, 1.165) is 36.3 Å². The van der Waals surface area contributed by atoms with Crippen LogP contribution in [0.1, 0.15) is 35.2 Å². The molecule has 2 heterocycles. The molecule has 1 aromatic heterocycles. The number of anilines is 1. The third kappa shape index (κ3) is 4.14. The largest absolute Gasteiger partial charge is 0.338 e. The molecule has 1 aliphatic heterocycles. The molecule has 5 heteroatoms. The number of nitrogens with one attached hydrogen (secondary N) is 1. The summed E-state index contributed by atoms with van der Waals surface area (Å²) in [5.74, 6) is 0.0581. The van der Waals surface area contributed by atoms with E-state index in [4.69, 9.17) is 0 Å². The topological polar surface area (TPSA) is 54.3 Å². The Bertz CT molecular complexity index is 979. The summed E-state index contributed by atoms with van der Waals surface area (Å²) in [6, 6.07) is 19.1. The molecule has 0 saturated carbocycles. The lowest BCUT2D eigenvalue weighted by Crippen LogP contribution is -2.34. The number of benzene rings is 2. The van der Waals surface area contributed by atoms with Crippen molar-refractivity contribution in [1.82, 2.24) is 9.47 Å². The monoisotopic (exact) mass is 373 g/mol. The van der Waals surface area contributed by atoms with Crippen LogP contribution in [0.15, 0.2) is 73.1 Å². The van der Waals surface area contributed by atoms with Crippen LogP contribution in [-0.2, 0) is 11.3 Å². The molecule has 28 heavy (non-hydrogen) atoms. The van der Waals surface area contributed by atoms with Gasteiger partial charge in [-0.1, -0.05) is 18.2 Å². The molecule has 0 unspecified atom stereocenters. The van der Waals surface area contributed by atoms with Crippen molar-refractivity contribution in [3.05, 3.63) is 84.2 Å². The summed E-state index contributed by atoms with van der Waals surface area (Å²) in [4.78, 5) is 26.6. The van der Waals surface area contributed by atoms with Gasteiger partial charge in [0.2, 0.25) is 5.91 Å². The van der Waals surface area contributed by atoms with Gasteiger partial charge in [0.25, 0.3) is 5.91 Å². The van der Waals surface area contributed by atoms with E-state index in [1.54, 1.807) is 6.07 Å². The fourth-order valence-electron chi connectivity index (χ4n) is 3.51. The van der Waals surface area contributed by atoms with E-state index in [2.05, 4.69) is 5.32 Å². The smallest absolute Gasteiger partial charge is 0.255 e. The Hall–Kier alpha value is -3.34. The third-order valence-electron chi connectivity index (χ3n) is 4.99. The van der Waals surface area contributed by atoms with Crippen molar-refractivity contribution in [2.45, 2.75) is 25.8 Å². The first-order valence-electron chi connectivity index (χ1n) is 9.60. The first kappa shape index (κ1) is 18.0. The van der Waals surface area contributed by atoms with Crippen molar-refractivity contribution < 1.29 is 9.59 Å². The molecule has 3 aromatic rings. The van der Waals surface area contributed by atoms with Gasteiger partial charge in [0.1, 0.15) is 0 Å². The Balaban J connectivity index is 1.46. The van der Waals surface area contributed by atoms with Gasteiger partial charge in [-0.25, -0.2) is 0 Å². The van der Waals surface area contributed by atoms with E-state index >= 15 is 0 Å². The quantitative estimate of drug-likeness (QED) is 0.727. The molecule has 4 rings (SSSR count). The molecular formula is C23H23N3O2.